The Kier molecular flexibility index (Phi) is 3.86. The van der Waals surface area contributed by atoms with Crippen molar-refractivity contribution in [2.75, 3.05) is 5.32 Å². The Hall–Kier alpha value is -2.36. The second-order valence-electron chi connectivity index (χ2n) is 5.46. The molecule has 0 saturated heterocycles. The molecule has 4 heteroatoms. The summed E-state index contributed by atoms with van der Waals surface area (Å²) >= 11 is 0. The molecule has 0 spiro atoms. The first kappa shape index (κ1) is 13.6. The van der Waals surface area contributed by atoms with Gasteiger partial charge in [-0.3, -0.25) is 4.79 Å². The lowest BCUT2D eigenvalue weighted by Gasteiger charge is -2.09. The van der Waals surface area contributed by atoms with Crippen LogP contribution in [0.5, 0.6) is 0 Å². The zero-order valence-corrected chi connectivity index (χ0v) is 12.1. The van der Waals surface area contributed by atoms with Gasteiger partial charge in [0.15, 0.2) is 0 Å². The lowest BCUT2D eigenvalue weighted by molar-refractivity contribution is 0.0951. The lowest BCUT2D eigenvalue weighted by Crippen LogP contribution is -2.25. The highest BCUT2D eigenvalue weighted by Gasteiger charge is 2.23. The zero-order valence-electron chi connectivity index (χ0n) is 12.1. The topological polar surface area (TPSA) is 54.0 Å². The molecule has 21 heavy (non-hydrogen) atoms. The molecule has 1 aromatic heterocycles. The number of nitrogens with one attached hydrogen (secondary N) is 2. The van der Waals surface area contributed by atoms with Crippen LogP contribution in [0.2, 0.25) is 0 Å². The number of aryl methyl sites for hydroxylation is 1. The van der Waals surface area contributed by atoms with E-state index >= 15 is 0 Å². The highest BCUT2D eigenvalue weighted by atomic mass is 16.1. The van der Waals surface area contributed by atoms with Gasteiger partial charge in [0.05, 0.1) is 5.56 Å². The summed E-state index contributed by atoms with van der Waals surface area (Å²) in [5, 5.41) is 6.23. The van der Waals surface area contributed by atoms with Gasteiger partial charge in [-0.05, 0) is 43.0 Å². The van der Waals surface area contributed by atoms with Crippen LogP contribution < -0.4 is 10.6 Å². The van der Waals surface area contributed by atoms with Crippen molar-refractivity contribution in [2.24, 2.45) is 0 Å². The van der Waals surface area contributed by atoms with Crippen LogP contribution in [0.25, 0.3) is 0 Å². The molecule has 1 aliphatic carbocycles. The lowest BCUT2D eigenvalue weighted by atomic mass is 10.1. The molecule has 0 aliphatic heterocycles. The number of aromatic nitrogens is 1. The van der Waals surface area contributed by atoms with Gasteiger partial charge in [-0.1, -0.05) is 24.3 Å². The van der Waals surface area contributed by atoms with Crippen molar-refractivity contribution in [3.05, 3.63) is 59.3 Å². The maximum atomic E-state index is 11.9. The molecular formula is C17H19N3O. The van der Waals surface area contributed by atoms with Gasteiger partial charge in [0.2, 0.25) is 0 Å². The van der Waals surface area contributed by atoms with Gasteiger partial charge in [0.1, 0.15) is 5.82 Å². The molecule has 0 unspecified atom stereocenters. The van der Waals surface area contributed by atoms with Gasteiger partial charge < -0.3 is 10.6 Å². The number of hydrogen-bond acceptors (Lipinski definition) is 3. The third-order valence-electron chi connectivity index (χ3n) is 3.66. The second-order valence-corrected chi connectivity index (χ2v) is 5.46. The molecule has 1 fully saturated rings. The van der Waals surface area contributed by atoms with E-state index in [-0.39, 0.29) is 5.91 Å². The molecule has 0 radical (unpaired) electrons. The Labute approximate surface area is 124 Å². The fourth-order valence-electron chi connectivity index (χ4n) is 2.12. The van der Waals surface area contributed by atoms with E-state index in [2.05, 4.69) is 34.7 Å². The average Bonchev–Trinajstić information content (AvgIpc) is 3.31. The first-order valence-electron chi connectivity index (χ1n) is 7.27. The van der Waals surface area contributed by atoms with Crippen molar-refractivity contribution in [3.8, 4) is 0 Å². The van der Waals surface area contributed by atoms with E-state index in [4.69, 9.17) is 0 Å². The number of carbonyl (C=O) groups excluding carboxylic acids is 1. The summed E-state index contributed by atoms with van der Waals surface area (Å²) in [5.41, 5.74) is 3.11. The van der Waals surface area contributed by atoms with E-state index in [0.29, 0.717) is 11.6 Å². The number of carbonyl (C=O) groups is 1. The molecule has 1 aliphatic rings. The minimum absolute atomic E-state index is 0.0320. The Morgan fingerprint density at radius 2 is 2.05 bits per heavy atom. The van der Waals surface area contributed by atoms with Crippen molar-refractivity contribution in [1.82, 2.24) is 10.3 Å². The average molecular weight is 281 g/mol. The largest absolute Gasteiger partial charge is 0.366 e. The van der Waals surface area contributed by atoms with Gasteiger partial charge in [-0.2, -0.15) is 0 Å². The van der Waals surface area contributed by atoms with Crippen LogP contribution in [0.4, 0.5) is 5.82 Å². The van der Waals surface area contributed by atoms with Crippen molar-refractivity contribution < 1.29 is 4.79 Å². The Morgan fingerprint density at radius 1 is 1.24 bits per heavy atom. The van der Waals surface area contributed by atoms with E-state index in [1.54, 1.807) is 6.20 Å². The summed E-state index contributed by atoms with van der Waals surface area (Å²) in [5.74, 6) is 0.747. The molecule has 108 valence electrons. The number of rotatable bonds is 5. The van der Waals surface area contributed by atoms with Crippen molar-refractivity contribution in [2.45, 2.75) is 32.4 Å². The number of anilines is 1. The Morgan fingerprint density at radius 3 is 2.71 bits per heavy atom. The summed E-state index contributed by atoms with van der Waals surface area (Å²) < 4.78 is 0. The monoisotopic (exact) mass is 281 g/mol. The molecule has 0 bridgehead atoms. The number of nitrogens with zero attached hydrogens (tertiary/aromatic N) is 1. The second kappa shape index (κ2) is 5.95. The highest BCUT2D eigenvalue weighted by Crippen LogP contribution is 2.19. The fourth-order valence-corrected chi connectivity index (χ4v) is 2.12. The van der Waals surface area contributed by atoms with E-state index in [9.17, 15) is 4.79 Å². The molecule has 0 atom stereocenters. The third-order valence-corrected chi connectivity index (χ3v) is 3.66. The van der Waals surface area contributed by atoms with Gasteiger partial charge in [-0.15, -0.1) is 0 Å². The van der Waals surface area contributed by atoms with Crippen LogP contribution in [0.3, 0.4) is 0 Å². The van der Waals surface area contributed by atoms with E-state index in [1.165, 1.54) is 11.1 Å². The highest BCUT2D eigenvalue weighted by molar-refractivity contribution is 5.94. The smallest absolute Gasteiger partial charge is 0.253 e. The van der Waals surface area contributed by atoms with E-state index in [0.717, 1.165) is 25.2 Å². The number of pyridine rings is 1. The van der Waals surface area contributed by atoms with Crippen LogP contribution in [0.1, 0.15) is 34.3 Å². The van der Waals surface area contributed by atoms with Crippen molar-refractivity contribution in [3.63, 3.8) is 0 Å². The zero-order chi connectivity index (χ0) is 14.7. The number of benzene rings is 1. The molecule has 1 saturated carbocycles. The van der Waals surface area contributed by atoms with E-state index < -0.39 is 0 Å². The van der Waals surface area contributed by atoms with Crippen molar-refractivity contribution in [1.29, 1.82) is 0 Å². The Balaban J connectivity index is 1.59. The minimum Gasteiger partial charge on any atom is -0.366 e. The van der Waals surface area contributed by atoms with Crippen LogP contribution in [0.15, 0.2) is 42.6 Å². The summed E-state index contributed by atoms with van der Waals surface area (Å²) in [7, 11) is 0. The van der Waals surface area contributed by atoms with Crippen LogP contribution >= 0.6 is 0 Å². The normalized spacial score (nSPS) is 13.8. The summed E-state index contributed by atoms with van der Waals surface area (Å²) in [6, 6.07) is 12.3. The van der Waals surface area contributed by atoms with Gasteiger partial charge in [0, 0.05) is 18.8 Å². The number of hydrogen-bond donors (Lipinski definition) is 2. The van der Waals surface area contributed by atoms with E-state index in [1.807, 2.05) is 24.3 Å². The summed E-state index contributed by atoms with van der Waals surface area (Å²) in [4.78, 5) is 16.2. The fraction of sp³-hybridized carbons (Fsp3) is 0.294. The van der Waals surface area contributed by atoms with Crippen molar-refractivity contribution >= 4 is 11.7 Å². The molecule has 2 aromatic rings. The molecule has 2 N–H and O–H groups in total. The Bertz CT molecular complexity index is 633. The summed E-state index contributed by atoms with van der Waals surface area (Å²) in [6.45, 7) is 2.82. The molecule has 1 amide bonds. The molecule has 1 heterocycles. The van der Waals surface area contributed by atoms with Crippen LogP contribution in [0, 0.1) is 6.92 Å². The predicted octanol–water partition coefficient (Wildman–Crippen LogP) is 2.89. The first-order chi connectivity index (χ1) is 10.2. The van der Waals surface area contributed by atoms with Crippen LogP contribution in [-0.2, 0) is 6.54 Å². The molecule has 3 rings (SSSR count). The predicted molar refractivity (Wildman–Crippen MR) is 83.2 cm³/mol. The molecular weight excluding hydrogens is 262 g/mol. The summed E-state index contributed by atoms with van der Waals surface area (Å²) in [6.07, 6.45) is 3.81. The standard InChI is InChI=1S/C17H19N3O/c1-12-4-2-3-5-13(12)10-18-16-9-6-14(11-19-16)17(21)20-15-7-8-15/h2-6,9,11,15H,7-8,10H2,1H3,(H,18,19)(H,20,21). The quantitative estimate of drug-likeness (QED) is 0.886. The SMILES string of the molecule is Cc1ccccc1CNc1ccc(C(=O)NC2CC2)cn1. The molecule has 1 aromatic carbocycles. The first-order valence-corrected chi connectivity index (χ1v) is 7.27. The minimum atomic E-state index is -0.0320. The number of amides is 1. The van der Waals surface area contributed by atoms with Gasteiger partial charge in [-0.25, -0.2) is 4.98 Å². The van der Waals surface area contributed by atoms with Gasteiger partial charge >= 0.3 is 0 Å². The third kappa shape index (κ3) is 3.60. The maximum absolute atomic E-state index is 11.9. The maximum Gasteiger partial charge on any atom is 0.253 e. The van der Waals surface area contributed by atoms with Crippen LogP contribution in [-0.4, -0.2) is 16.9 Å². The van der Waals surface area contributed by atoms with Gasteiger partial charge in [0.25, 0.3) is 5.91 Å². The molecule has 4 nitrogen and oxygen atoms in total.